The maximum absolute atomic E-state index is 12.5. The summed E-state index contributed by atoms with van der Waals surface area (Å²) in [7, 11) is 0. The van der Waals surface area contributed by atoms with E-state index in [1.54, 1.807) is 17.7 Å². The zero-order valence-electron chi connectivity index (χ0n) is 18.6. The molecule has 166 valence electrons. The molecule has 0 saturated carbocycles. The third-order valence-electron chi connectivity index (χ3n) is 5.09. The lowest BCUT2D eigenvalue weighted by atomic mass is 10.1. The number of aromatic nitrogens is 2. The first-order valence-electron chi connectivity index (χ1n) is 10.8. The number of hydrogen-bond donors (Lipinski definition) is 1. The first kappa shape index (κ1) is 22.0. The van der Waals surface area contributed by atoms with Crippen molar-refractivity contribution in [2.75, 3.05) is 11.9 Å². The highest BCUT2D eigenvalue weighted by Crippen LogP contribution is 2.27. The fraction of sp³-hybridized carbons (Fsp3) is 0.148. The van der Waals surface area contributed by atoms with Gasteiger partial charge >= 0.3 is 5.97 Å². The van der Waals surface area contributed by atoms with E-state index in [0.717, 1.165) is 28.1 Å². The van der Waals surface area contributed by atoms with Crippen LogP contribution in [0.15, 0.2) is 84.9 Å². The fourth-order valence-electron chi connectivity index (χ4n) is 3.59. The monoisotopic (exact) mass is 439 g/mol. The van der Waals surface area contributed by atoms with Crippen LogP contribution in [0.3, 0.4) is 0 Å². The van der Waals surface area contributed by atoms with Crippen LogP contribution in [0.4, 0.5) is 5.69 Å². The van der Waals surface area contributed by atoms with Gasteiger partial charge in [0.05, 0.1) is 24.4 Å². The van der Waals surface area contributed by atoms with E-state index < -0.39 is 5.97 Å². The molecule has 0 bridgehead atoms. The molecule has 0 aliphatic rings. The third kappa shape index (κ3) is 5.36. The normalized spacial score (nSPS) is 10.6. The Morgan fingerprint density at radius 3 is 2.48 bits per heavy atom. The molecule has 0 aliphatic carbocycles. The molecule has 0 atom stereocenters. The molecule has 6 nitrogen and oxygen atoms in total. The molecule has 0 saturated heterocycles. The summed E-state index contributed by atoms with van der Waals surface area (Å²) in [6, 6.07) is 26.7. The molecule has 1 aromatic heterocycles. The molecular formula is C27H25N3O3. The maximum Gasteiger partial charge on any atom is 0.358 e. The molecule has 0 spiro atoms. The van der Waals surface area contributed by atoms with Crippen LogP contribution in [0.25, 0.3) is 16.9 Å². The third-order valence-corrected chi connectivity index (χ3v) is 5.09. The Balaban J connectivity index is 1.66. The lowest BCUT2D eigenvalue weighted by Gasteiger charge is -2.10. The first-order chi connectivity index (χ1) is 16.0. The molecule has 1 N–H and O–H groups in total. The van der Waals surface area contributed by atoms with E-state index in [9.17, 15) is 9.59 Å². The lowest BCUT2D eigenvalue weighted by molar-refractivity contribution is -0.115. The number of carbonyl (C=O) groups excluding carboxylic acids is 2. The second kappa shape index (κ2) is 9.96. The highest BCUT2D eigenvalue weighted by molar-refractivity contribution is 5.93. The molecule has 33 heavy (non-hydrogen) atoms. The fourth-order valence-corrected chi connectivity index (χ4v) is 3.59. The van der Waals surface area contributed by atoms with Gasteiger partial charge in [-0.25, -0.2) is 9.48 Å². The average Bonchev–Trinajstić information content (AvgIpc) is 3.26. The number of nitrogens with one attached hydrogen (secondary N) is 1. The Morgan fingerprint density at radius 2 is 1.73 bits per heavy atom. The van der Waals surface area contributed by atoms with Gasteiger partial charge < -0.3 is 10.1 Å². The van der Waals surface area contributed by atoms with Crippen LogP contribution in [0.5, 0.6) is 0 Å². The number of esters is 1. The van der Waals surface area contributed by atoms with Crippen molar-refractivity contribution in [1.29, 1.82) is 0 Å². The Hall–Kier alpha value is -4.19. The lowest BCUT2D eigenvalue weighted by Crippen LogP contribution is -2.14. The quantitative estimate of drug-likeness (QED) is 0.402. The van der Waals surface area contributed by atoms with Crippen LogP contribution in [0, 0.1) is 6.92 Å². The van der Waals surface area contributed by atoms with E-state index >= 15 is 0 Å². The van der Waals surface area contributed by atoms with E-state index in [-0.39, 0.29) is 18.2 Å². The molecule has 4 aromatic rings. The minimum atomic E-state index is -0.475. The minimum absolute atomic E-state index is 0.0993. The average molecular weight is 440 g/mol. The molecule has 1 amide bonds. The van der Waals surface area contributed by atoms with E-state index in [1.807, 2.05) is 85.8 Å². The van der Waals surface area contributed by atoms with Crippen molar-refractivity contribution >= 4 is 17.6 Å². The standard InChI is InChI=1S/C27H25N3O3/c1-3-33-27(32)24-18-25(30(29-24)23-14-7-9-19(2)15-23)21-12-8-13-22(17-21)28-26(31)16-20-10-5-4-6-11-20/h4-15,17-18H,3,16H2,1-2H3,(H,28,31). The number of anilines is 1. The van der Waals surface area contributed by atoms with Crippen molar-refractivity contribution in [3.05, 3.63) is 102 Å². The molecule has 0 aliphatic heterocycles. The molecule has 0 fully saturated rings. The van der Waals surface area contributed by atoms with Gasteiger partial charge in [0.2, 0.25) is 5.91 Å². The van der Waals surface area contributed by atoms with Crippen LogP contribution in [0.1, 0.15) is 28.5 Å². The summed E-state index contributed by atoms with van der Waals surface area (Å²) in [6.45, 7) is 4.04. The predicted molar refractivity (Wildman–Crippen MR) is 128 cm³/mol. The van der Waals surface area contributed by atoms with Gasteiger partial charge in [-0.1, -0.05) is 54.6 Å². The maximum atomic E-state index is 12.5. The Bertz CT molecular complexity index is 1280. The van der Waals surface area contributed by atoms with Crippen LogP contribution in [-0.2, 0) is 16.0 Å². The van der Waals surface area contributed by atoms with E-state index in [2.05, 4.69) is 10.4 Å². The van der Waals surface area contributed by atoms with E-state index in [1.165, 1.54) is 0 Å². The van der Waals surface area contributed by atoms with Crippen molar-refractivity contribution in [3.8, 4) is 16.9 Å². The van der Waals surface area contributed by atoms with Gasteiger partial charge in [0.15, 0.2) is 5.69 Å². The zero-order chi connectivity index (χ0) is 23.2. The summed E-state index contributed by atoms with van der Waals surface area (Å²) in [5.74, 6) is -0.574. The zero-order valence-corrected chi connectivity index (χ0v) is 18.6. The number of aryl methyl sites for hydroxylation is 1. The molecular weight excluding hydrogens is 414 g/mol. The Kier molecular flexibility index (Phi) is 6.64. The number of hydrogen-bond acceptors (Lipinski definition) is 4. The van der Waals surface area contributed by atoms with Crippen LogP contribution < -0.4 is 5.32 Å². The number of ether oxygens (including phenoxy) is 1. The van der Waals surface area contributed by atoms with Crippen LogP contribution in [-0.4, -0.2) is 28.3 Å². The highest BCUT2D eigenvalue weighted by atomic mass is 16.5. The van der Waals surface area contributed by atoms with Crippen LogP contribution >= 0.6 is 0 Å². The van der Waals surface area contributed by atoms with E-state index in [4.69, 9.17) is 4.74 Å². The molecule has 1 heterocycles. The van der Waals surface area contributed by atoms with Gasteiger partial charge in [-0.15, -0.1) is 0 Å². The van der Waals surface area contributed by atoms with Gasteiger partial charge in [-0.05, 0) is 55.3 Å². The molecule has 0 unspecified atom stereocenters. The number of rotatable bonds is 7. The van der Waals surface area contributed by atoms with Gasteiger partial charge in [0.25, 0.3) is 0 Å². The van der Waals surface area contributed by atoms with Gasteiger partial charge in [-0.3, -0.25) is 4.79 Å². The van der Waals surface area contributed by atoms with E-state index in [0.29, 0.717) is 12.1 Å². The largest absolute Gasteiger partial charge is 0.461 e. The highest BCUT2D eigenvalue weighted by Gasteiger charge is 2.18. The Labute approximate surface area is 192 Å². The number of amides is 1. The van der Waals surface area contributed by atoms with Crippen LogP contribution in [0.2, 0.25) is 0 Å². The first-order valence-corrected chi connectivity index (χ1v) is 10.8. The topological polar surface area (TPSA) is 73.2 Å². The van der Waals surface area contributed by atoms with Gasteiger partial charge in [-0.2, -0.15) is 5.10 Å². The van der Waals surface area contributed by atoms with Gasteiger partial charge in [0, 0.05) is 11.3 Å². The predicted octanol–water partition coefficient (Wildman–Crippen LogP) is 5.21. The summed E-state index contributed by atoms with van der Waals surface area (Å²) >= 11 is 0. The van der Waals surface area contributed by atoms with Gasteiger partial charge in [0.1, 0.15) is 0 Å². The smallest absolute Gasteiger partial charge is 0.358 e. The molecule has 4 rings (SSSR count). The van der Waals surface area contributed by atoms with Crippen molar-refractivity contribution in [2.24, 2.45) is 0 Å². The van der Waals surface area contributed by atoms with Crippen molar-refractivity contribution < 1.29 is 14.3 Å². The van der Waals surface area contributed by atoms with Crippen molar-refractivity contribution in [1.82, 2.24) is 9.78 Å². The molecule has 0 radical (unpaired) electrons. The minimum Gasteiger partial charge on any atom is -0.461 e. The van der Waals surface area contributed by atoms with Crippen molar-refractivity contribution in [3.63, 3.8) is 0 Å². The molecule has 6 heteroatoms. The molecule has 3 aromatic carbocycles. The van der Waals surface area contributed by atoms with Crippen molar-refractivity contribution in [2.45, 2.75) is 20.3 Å². The summed E-state index contributed by atoms with van der Waals surface area (Å²) in [5, 5.41) is 7.48. The number of benzene rings is 3. The second-order valence-corrected chi connectivity index (χ2v) is 7.68. The summed E-state index contributed by atoms with van der Waals surface area (Å²) in [5.41, 5.74) is 5.30. The summed E-state index contributed by atoms with van der Waals surface area (Å²) < 4.78 is 6.88. The number of nitrogens with zero attached hydrogens (tertiary/aromatic N) is 2. The number of carbonyl (C=O) groups is 2. The summed E-state index contributed by atoms with van der Waals surface area (Å²) in [4.78, 5) is 24.9. The SMILES string of the molecule is CCOC(=O)c1cc(-c2cccc(NC(=O)Cc3ccccc3)c2)n(-c2cccc(C)c2)n1. The second-order valence-electron chi connectivity index (χ2n) is 7.68. The summed E-state index contributed by atoms with van der Waals surface area (Å²) in [6.07, 6.45) is 0.291. The Morgan fingerprint density at radius 1 is 0.939 bits per heavy atom.